The minimum absolute atomic E-state index is 0.290. The summed E-state index contributed by atoms with van der Waals surface area (Å²) in [4.78, 5) is 11.6. The SMILES string of the molecule is COCCc1c(C(=O)OC)nnn1CCCSC. The summed E-state index contributed by atoms with van der Waals surface area (Å²) >= 11 is 1.78. The average molecular weight is 273 g/mol. The van der Waals surface area contributed by atoms with Crippen LogP contribution in [0.2, 0.25) is 0 Å². The highest BCUT2D eigenvalue weighted by atomic mass is 32.2. The molecule has 18 heavy (non-hydrogen) atoms. The molecule has 6 nitrogen and oxygen atoms in total. The first-order valence-electron chi connectivity index (χ1n) is 5.73. The molecule has 7 heteroatoms. The van der Waals surface area contributed by atoms with Gasteiger partial charge in [0.2, 0.25) is 0 Å². The Morgan fingerprint density at radius 3 is 2.83 bits per heavy atom. The number of carbonyl (C=O) groups is 1. The van der Waals surface area contributed by atoms with Crippen LogP contribution in [0.5, 0.6) is 0 Å². The van der Waals surface area contributed by atoms with E-state index in [-0.39, 0.29) is 0 Å². The van der Waals surface area contributed by atoms with Gasteiger partial charge in [0.1, 0.15) is 0 Å². The smallest absolute Gasteiger partial charge is 0.360 e. The Labute approximate surface area is 111 Å². The average Bonchev–Trinajstić information content (AvgIpc) is 2.79. The number of thioether (sulfide) groups is 1. The Bertz CT molecular complexity index is 382. The van der Waals surface area contributed by atoms with Crippen LogP contribution >= 0.6 is 11.8 Å². The first-order chi connectivity index (χ1) is 8.74. The second-order valence-electron chi connectivity index (χ2n) is 3.69. The summed E-state index contributed by atoms with van der Waals surface area (Å²) in [5, 5.41) is 7.91. The van der Waals surface area contributed by atoms with Crippen LogP contribution in [0.25, 0.3) is 0 Å². The van der Waals surface area contributed by atoms with Gasteiger partial charge in [-0.25, -0.2) is 9.48 Å². The topological polar surface area (TPSA) is 66.2 Å². The fourth-order valence-electron chi connectivity index (χ4n) is 1.57. The lowest BCUT2D eigenvalue weighted by atomic mass is 10.2. The standard InChI is InChI=1S/C11H19N3O3S/c1-16-7-5-9-10(11(15)17-2)12-13-14(9)6-4-8-18-3/h4-8H2,1-3H3. The Morgan fingerprint density at radius 1 is 1.44 bits per heavy atom. The van der Waals surface area contributed by atoms with Crippen LogP contribution in [0.4, 0.5) is 0 Å². The van der Waals surface area contributed by atoms with E-state index in [1.807, 2.05) is 0 Å². The summed E-state index contributed by atoms with van der Waals surface area (Å²) in [5.74, 6) is 0.606. The zero-order chi connectivity index (χ0) is 13.4. The molecule has 0 N–H and O–H groups in total. The third-order valence-corrected chi connectivity index (χ3v) is 3.17. The summed E-state index contributed by atoms with van der Waals surface area (Å²) in [6.07, 6.45) is 3.66. The number of aryl methyl sites for hydroxylation is 1. The van der Waals surface area contributed by atoms with Gasteiger partial charge in [-0.1, -0.05) is 5.21 Å². The minimum atomic E-state index is -0.447. The van der Waals surface area contributed by atoms with Crippen molar-refractivity contribution in [2.45, 2.75) is 19.4 Å². The van der Waals surface area contributed by atoms with Crippen LogP contribution < -0.4 is 0 Å². The second kappa shape index (κ2) is 8.10. The molecule has 1 heterocycles. The van der Waals surface area contributed by atoms with Gasteiger partial charge in [-0.05, 0) is 18.4 Å². The highest BCUT2D eigenvalue weighted by Crippen LogP contribution is 2.10. The van der Waals surface area contributed by atoms with Crippen molar-refractivity contribution >= 4 is 17.7 Å². The van der Waals surface area contributed by atoms with Crippen LogP contribution in [0.15, 0.2) is 0 Å². The van der Waals surface area contributed by atoms with Crippen LogP contribution in [0, 0.1) is 0 Å². The maximum absolute atomic E-state index is 11.6. The van der Waals surface area contributed by atoms with Crippen LogP contribution in [0.1, 0.15) is 22.6 Å². The lowest BCUT2D eigenvalue weighted by Gasteiger charge is -2.06. The number of ether oxygens (including phenoxy) is 2. The third-order valence-electron chi connectivity index (χ3n) is 2.48. The van der Waals surface area contributed by atoms with Gasteiger partial charge in [-0.3, -0.25) is 0 Å². The summed E-state index contributed by atoms with van der Waals surface area (Å²) in [6, 6.07) is 0. The minimum Gasteiger partial charge on any atom is -0.464 e. The lowest BCUT2D eigenvalue weighted by molar-refractivity contribution is 0.0592. The normalized spacial score (nSPS) is 10.6. The molecule has 0 amide bonds. The van der Waals surface area contributed by atoms with E-state index in [9.17, 15) is 4.79 Å². The summed E-state index contributed by atoms with van der Waals surface area (Å²) < 4.78 is 11.5. The molecule has 0 aromatic carbocycles. The van der Waals surface area contributed by atoms with Crippen molar-refractivity contribution < 1.29 is 14.3 Å². The van der Waals surface area contributed by atoms with Gasteiger partial charge in [-0.2, -0.15) is 11.8 Å². The monoisotopic (exact) mass is 273 g/mol. The van der Waals surface area contributed by atoms with E-state index < -0.39 is 5.97 Å². The van der Waals surface area contributed by atoms with Gasteiger partial charge in [-0.15, -0.1) is 5.10 Å². The summed E-state index contributed by atoms with van der Waals surface area (Å²) in [5.41, 5.74) is 1.07. The molecule has 102 valence electrons. The first-order valence-corrected chi connectivity index (χ1v) is 7.12. The number of aromatic nitrogens is 3. The van der Waals surface area contributed by atoms with Crippen LogP contribution in [-0.4, -0.2) is 53.8 Å². The highest BCUT2D eigenvalue weighted by Gasteiger charge is 2.19. The molecule has 0 saturated heterocycles. The molecule has 0 aliphatic rings. The van der Waals surface area contributed by atoms with E-state index >= 15 is 0 Å². The Kier molecular flexibility index (Phi) is 6.74. The molecule has 1 aromatic rings. The number of esters is 1. The van der Waals surface area contributed by atoms with E-state index in [1.165, 1.54) is 7.11 Å². The van der Waals surface area contributed by atoms with Crippen molar-refractivity contribution in [1.29, 1.82) is 0 Å². The number of rotatable bonds is 8. The second-order valence-corrected chi connectivity index (χ2v) is 4.67. The van der Waals surface area contributed by atoms with Crippen LogP contribution in [0.3, 0.4) is 0 Å². The maximum atomic E-state index is 11.6. The van der Waals surface area contributed by atoms with Gasteiger partial charge in [0, 0.05) is 20.1 Å². The molecule has 0 bridgehead atoms. The molecule has 0 aliphatic heterocycles. The van der Waals surface area contributed by atoms with Gasteiger partial charge in [0.15, 0.2) is 5.69 Å². The van der Waals surface area contributed by atoms with Crippen molar-refractivity contribution in [2.24, 2.45) is 0 Å². The van der Waals surface area contributed by atoms with Gasteiger partial charge in [0.25, 0.3) is 0 Å². The van der Waals surface area contributed by atoms with Crippen molar-refractivity contribution in [3.05, 3.63) is 11.4 Å². The predicted molar refractivity (Wildman–Crippen MR) is 69.9 cm³/mol. The van der Waals surface area contributed by atoms with Crippen molar-refractivity contribution in [1.82, 2.24) is 15.0 Å². The number of hydrogen-bond acceptors (Lipinski definition) is 6. The Hall–Kier alpha value is -1.08. The molecular weight excluding hydrogens is 254 g/mol. The molecular formula is C11H19N3O3S. The van der Waals surface area contributed by atoms with E-state index in [4.69, 9.17) is 9.47 Å². The maximum Gasteiger partial charge on any atom is 0.360 e. The fourth-order valence-corrected chi connectivity index (χ4v) is 1.99. The third kappa shape index (κ3) is 3.99. The molecule has 0 unspecified atom stereocenters. The molecule has 1 aromatic heterocycles. The molecule has 0 fully saturated rings. The van der Waals surface area contributed by atoms with E-state index in [1.54, 1.807) is 23.6 Å². The van der Waals surface area contributed by atoms with Crippen molar-refractivity contribution in [3.8, 4) is 0 Å². The highest BCUT2D eigenvalue weighted by molar-refractivity contribution is 7.98. The number of hydrogen-bond donors (Lipinski definition) is 0. The molecule has 0 aliphatic carbocycles. The number of methoxy groups -OCH3 is 2. The van der Waals surface area contributed by atoms with Crippen molar-refractivity contribution in [3.63, 3.8) is 0 Å². The fraction of sp³-hybridized carbons (Fsp3) is 0.727. The molecule has 0 saturated carbocycles. The quantitative estimate of drug-likeness (QED) is 0.520. The van der Waals surface area contributed by atoms with E-state index in [0.29, 0.717) is 18.7 Å². The van der Waals surface area contributed by atoms with Gasteiger partial charge in [0.05, 0.1) is 19.4 Å². The van der Waals surface area contributed by atoms with E-state index in [2.05, 4.69) is 16.6 Å². The lowest BCUT2D eigenvalue weighted by Crippen LogP contribution is -2.12. The molecule has 0 atom stereocenters. The van der Waals surface area contributed by atoms with E-state index in [0.717, 1.165) is 24.4 Å². The van der Waals surface area contributed by atoms with Crippen LogP contribution in [-0.2, 0) is 22.4 Å². The Morgan fingerprint density at radius 2 is 2.22 bits per heavy atom. The predicted octanol–water partition coefficient (Wildman–Crippen LogP) is 1.01. The number of nitrogens with zero attached hydrogens (tertiary/aromatic N) is 3. The zero-order valence-electron chi connectivity index (χ0n) is 11.0. The Balaban J connectivity index is 2.81. The number of carbonyl (C=O) groups excluding carboxylic acids is 1. The summed E-state index contributed by atoms with van der Waals surface area (Å²) in [6.45, 7) is 1.28. The molecule has 0 radical (unpaired) electrons. The first kappa shape index (κ1) is 15.0. The van der Waals surface area contributed by atoms with Gasteiger partial charge < -0.3 is 9.47 Å². The largest absolute Gasteiger partial charge is 0.464 e. The summed E-state index contributed by atoms with van der Waals surface area (Å²) in [7, 11) is 2.97. The van der Waals surface area contributed by atoms with Gasteiger partial charge >= 0.3 is 5.97 Å². The molecule has 0 spiro atoms. The molecule has 1 rings (SSSR count). The zero-order valence-corrected chi connectivity index (χ0v) is 11.8. The van der Waals surface area contributed by atoms with Crippen molar-refractivity contribution in [2.75, 3.05) is 32.8 Å².